The van der Waals surface area contributed by atoms with Crippen molar-refractivity contribution in [2.45, 2.75) is 71.6 Å². The molecule has 0 aliphatic carbocycles. The smallest absolute Gasteiger partial charge is 0.221 e. The number of likely N-dealkylation sites (tertiary alicyclic amines) is 2. The Morgan fingerprint density at radius 3 is 1.90 bits per heavy atom. The maximum Gasteiger partial charge on any atom is 0.221 e. The maximum absolute atomic E-state index is 12.0. The first kappa shape index (κ1) is 24.1. The zero-order valence-electron chi connectivity index (χ0n) is 18.8. The van der Waals surface area contributed by atoms with Gasteiger partial charge in [-0.05, 0) is 76.0 Å². The van der Waals surface area contributed by atoms with E-state index in [0.717, 1.165) is 70.0 Å². The molecule has 0 radical (unpaired) electrons. The number of nitrogens with zero attached hydrogens (tertiary/aromatic N) is 2. The molecule has 6 heteroatoms. The number of primary amides is 1. The summed E-state index contributed by atoms with van der Waals surface area (Å²) in [5.74, 6) is 2.43. The highest BCUT2D eigenvalue weighted by atomic mass is 16.1. The number of rotatable bonds is 12. The minimum atomic E-state index is -0.195. The Morgan fingerprint density at radius 2 is 1.41 bits per heavy atom. The summed E-state index contributed by atoms with van der Waals surface area (Å²) < 4.78 is 0. The summed E-state index contributed by atoms with van der Waals surface area (Å²) in [7, 11) is 0. The Kier molecular flexibility index (Phi) is 11.0. The van der Waals surface area contributed by atoms with Gasteiger partial charge >= 0.3 is 0 Å². The molecule has 2 fully saturated rings. The second-order valence-corrected chi connectivity index (χ2v) is 9.56. The summed E-state index contributed by atoms with van der Waals surface area (Å²) >= 11 is 0. The number of nitrogens with one attached hydrogen (secondary N) is 1. The zero-order valence-corrected chi connectivity index (χ0v) is 18.8. The topological polar surface area (TPSA) is 78.7 Å². The molecule has 0 bridgehead atoms. The number of hydrogen-bond acceptors (Lipinski definition) is 4. The third kappa shape index (κ3) is 9.94. The fraction of sp³-hybridized carbons (Fsp3) is 0.913. The van der Waals surface area contributed by atoms with Crippen molar-refractivity contribution < 1.29 is 9.59 Å². The average molecular weight is 409 g/mol. The Labute approximate surface area is 177 Å². The van der Waals surface area contributed by atoms with Crippen LogP contribution in [0.3, 0.4) is 0 Å². The van der Waals surface area contributed by atoms with E-state index >= 15 is 0 Å². The molecule has 2 saturated heterocycles. The first-order valence-electron chi connectivity index (χ1n) is 11.9. The van der Waals surface area contributed by atoms with Crippen LogP contribution in [-0.4, -0.2) is 67.4 Å². The molecule has 2 amide bonds. The molecule has 0 aromatic carbocycles. The Balaban J connectivity index is 1.52. The maximum atomic E-state index is 12.0. The number of unbranched alkanes of at least 4 members (excludes halogenated alkanes) is 1. The van der Waals surface area contributed by atoms with Crippen molar-refractivity contribution in [3.63, 3.8) is 0 Å². The van der Waals surface area contributed by atoms with Crippen molar-refractivity contribution >= 4 is 11.8 Å². The normalized spacial score (nSPS) is 20.2. The van der Waals surface area contributed by atoms with Crippen molar-refractivity contribution in [1.29, 1.82) is 0 Å². The predicted octanol–water partition coefficient (Wildman–Crippen LogP) is 2.62. The molecule has 29 heavy (non-hydrogen) atoms. The SMILES string of the molecule is CC(C)CCCCNC(=O)CCN1CCC(C2CCN(CCC(N)=O)CC2)CC1. The van der Waals surface area contributed by atoms with Crippen LogP contribution in [0.25, 0.3) is 0 Å². The third-order valence-corrected chi connectivity index (χ3v) is 6.79. The van der Waals surface area contributed by atoms with Gasteiger partial charge < -0.3 is 20.9 Å². The molecule has 3 N–H and O–H groups in total. The second kappa shape index (κ2) is 13.2. The van der Waals surface area contributed by atoms with E-state index in [1.807, 2.05) is 0 Å². The van der Waals surface area contributed by atoms with Crippen molar-refractivity contribution in [2.24, 2.45) is 23.5 Å². The number of hydrogen-bond donors (Lipinski definition) is 2. The lowest BCUT2D eigenvalue weighted by Gasteiger charge is -2.40. The van der Waals surface area contributed by atoms with Crippen molar-refractivity contribution in [2.75, 3.05) is 45.8 Å². The number of carbonyl (C=O) groups is 2. The Morgan fingerprint density at radius 1 is 0.897 bits per heavy atom. The predicted molar refractivity (Wildman–Crippen MR) is 118 cm³/mol. The fourth-order valence-corrected chi connectivity index (χ4v) is 4.82. The first-order chi connectivity index (χ1) is 13.9. The monoisotopic (exact) mass is 408 g/mol. The lowest BCUT2D eigenvalue weighted by atomic mass is 9.79. The van der Waals surface area contributed by atoms with Crippen LogP contribution < -0.4 is 11.1 Å². The van der Waals surface area contributed by atoms with E-state index in [2.05, 4.69) is 29.0 Å². The molecule has 0 atom stereocenters. The highest BCUT2D eigenvalue weighted by molar-refractivity contribution is 5.76. The van der Waals surface area contributed by atoms with Gasteiger partial charge in [0.05, 0.1) is 0 Å². The van der Waals surface area contributed by atoms with Gasteiger partial charge in [-0.3, -0.25) is 9.59 Å². The quantitative estimate of drug-likeness (QED) is 0.487. The van der Waals surface area contributed by atoms with Gasteiger partial charge in [0.2, 0.25) is 11.8 Å². The minimum absolute atomic E-state index is 0.195. The molecular formula is C23H44N4O2. The van der Waals surface area contributed by atoms with Crippen LogP contribution in [0.15, 0.2) is 0 Å². The van der Waals surface area contributed by atoms with Crippen molar-refractivity contribution in [3.05, 3.63) is 0 Å². The van der Waals surface area contributed by atoms with Gasteiger partial charge in [-0.2, -0.15) is 0 Å². The molecule has 0 saturated carbocycles. The van der Waals surface area contributed by atoms with Crippen molar-refractivity contribution in [1.82, 2.24) is 15.1 Å². The standard InChI is InChI=1S/C23H44N4O2/c1-19(2)5-3-4-12-25-23(29)11-18-27-15-8-21(9-16-27)20-6-13-26(14-7-20)17-10-22(24)28/h19-21H,3-18H2,1-2H3,(H2,24,28)(H,25,29). The van der Waals surface area contributed by atoms with E-state index in [0.29, 0.717) is 12.8 Å². The molecular weight excluding hydrogens is 364 g/mol. The minimum Gasteiger partial charge on any atom is -0.370 e. The van der Waals surface area contributed by atoms with E-state index in [1.165, 1.54) is 38.5 Å². The highest BCUT2D eigenvalue weighted by Gasteiger charge is 2.29. The summed E-state index contributed by atoms with van der Waals surface area (Å²) in [4.78, 5) is 27.9. The van der Waals surface area contributed by atoms with Crippen LogP contribution >= 0.6 is 0 Å². The van der Waals surface area contributed by atoms with Crippen LogP contribution in [0.1, 0.15) is 71.6 Å². The largest absolute Gasteiger partial charge is 0.370 e. The van der Waals surface area contributed by atoms with Gasteiger partial charge in [0, 0.05) is 32.5 Å². The number of amides is 2. The lowest BCUT2D eigenvalue weighted by Crippen LogP contribution is -2.42. The first-order valence-corrected chi connectivity index (χ1v) is 11.9. The van der Waals surface area contributed by atoms with Gasteiger partial charge in [-0.15, -0.1) is 0 Å². The van der Waals surface area contributed by atoms with Gasteiger partial charge in [0.1, 0.15) is 0 Å². The zero-order chi connectivity index (χ0) is 21.1. The van der Waals surface area contributed by atoms with Crippen LogP contribution in [0, 0.1) is 17.8 Å². The lowest BCUT2D eigenvalue weighted by molar-refractivity contribution is -0.121. The summed E-state index contributed by atoms with van der Waals surface area (Å²) in [6.07, 6.45) is 9.70. The molecule has 2 heterocycles. The molecule has 2 rings (SSSR count). The number of nitrogens with two attached hydrogens (primary N) is 1. The average Bonchev–Trinajstić information content (AvgIpc) is 2.71. The summed E-state index contributed by atoms with van der Waals surface area (Å²) in [6, 6.07) is 0. The number of piperidine rings is 2. The molecule has 0 spiro atoms. The van der Waals surface area contributed by atoms with Crippen LogP contribution in [0.5, 0.6) is 0 Å². The molecule has 168 valence electrons. The van der Waals surface area contributed by atoms with Gasteiger partial charge in [0.15, 0.2) is 0 Å². The van der Waals surface area contributed by atoms with Crippen LogP contribution in [0.2, 0.25) is 0 Å². The second-order valence-electron chi connectivity index (χ2n) is 9.56. The summed E-state index contributed by atoms with van der Waals surface area (Å²) in [5, 5.41) is 3.08. The molecule has 2 aliphatic heterocycles. The van der Waals surface area contributed by atoms with Gasteiger partial charge in [-0.1, -0.05) is 26.7 Å². The van der Waals surface area contributed by atoms with Crippen molar-refractivity contribution in [3.8, 4) is 0 Å². The van der Waals surface area contributed by atoms with E-state index < -0.39 is 0 Å². The molecule has 6 nitrogen and oxygen atoms in total. The Bertz CT molecular complexity index is 481. The van der Waals surface area contributed by atoms with Gasteiger partial charge in [0.25, 0.3) is 0 Å². The summed E-state index contributed by atoms with van der Waals surface area (Å²) in [6.45, 7) is 11.5. The Hall–Kier alpha value is -1.14. The molecule has 0 aromatic heterocycles. The van der Waals surface area contributed by atoms with Crippen LogP contribution in [0.4, 0.5) is 0 Å². The van der Waals surface area contributed by atoms with E-state index in [9.17, 15) is 9.59 Å². The van der Waals surface area contributed by atoms with E-state index in [-0.39, 0.29) is 11.8 Å². The molecule has 0 unspecified atom stereocenters. The molecule has 2 aliphatic rings. The fourth-order valence-electron chi connectivity index (χ4n) is 4.82. The third-order valence-electron chi connectivity index (χ3n) is 6.79. The van der Waals surface area contributed by atoms with E-state index in [4.69, 9.17) is 5.73 Å². The number of carbonyl (C=O) groups excluding carboxylic acids is 2. The van der Waals surface area contributed by atoms with E-state index in [1.54, 1.807) is 0 Å². The summed E-state index contributed by atoms with van der Waals surface area (Å²) in [5.41, 5.74) is 5.26. The highest BCUT2D eigenvalue weighted by Crippen LogP contribution is 2.32. The van der Waals surface area contributed by atoms with Gasteiger partial charge in [-0.25, -0.2) is 0 Å². The molecule has 0 aromatic rings. The van der Waals surface area contributed by atoms with Crippen LogP contribution in [-0.2, 0) is 9.59 Å².